The van der Waals surface area contributed by atoms with Crippen molar-refractivity contribution in [3.8, 4) is 0 Å². The van der Waals surface area contributed by atoms with Gasteiger partial charge in [0.1, 0.15) is 11.9 Å². The van der Waals surface area contributed by atoms with Gasteiger partial charge in [0.25, 0.3) is 5.91 Å². The van der Waals surface area contributed by atoms with Crippen molar-refractivity contribution in [2.45, 2.75) is 13.0 Å². The van der Waals surface area contributed by atoms with Gasteiger partial charge in [-0.3, -0.25) is 4.79 Å². The zero-order chi connectivity index (χ0) is 16.7. The number of carbonyl (C=O) groups excluding carboxylic acids is 1. The van der Waals surface area contributed by atoms with Gasteiger partial charge >= 0.3 is 0 Å². The average molecular weight is 347 g/mol. The molecular weight excluding hydrogens is 333 g/mol. The van der Waals surface area contributed by atoms with Gasteiger partial charge in [-0.15, -0.1) is 11.3 Å². The van der Waals surface area contributed by atoms with Crippen LogP contribution in [0.2, 0.25) is 0 Å². The van der Waals surface area contributed by atoms with E-state index < -0.39 is 6.10 Å². The maximum atomic E-state index is 14.0. The molecule has 0 saturated carbocycles. The van der Waals surface area contributed by atoms with Crippen LogP contribution < -0.4 is 0 Å². The predicted octanol–water partition coefficient (Wildman–Crippen LogP) is 2.95. The van der Waals surface area contributed by atoms with Crippen LogP contribution in [-0.2, 0) is 4.74 Å². The Kier molecular flexibility index (Phi) is 3.78. The molecule has 0 N–H and O–H groups in total. The molecule has 6 nitrogen and oxygen atoms in total. The lowest BCUT2D eigenvalue weighted by molar-refractivity contribution is -0.0275. The molecule has 24 heavy (non-hydrogen) atoms. The third-order valence-corrected chi connectivity index (χ3v) is 5.36. The molecule has 1 aromatic carbocycles. The minimum Gasteiger partial charge on any atom is -0.366 e. The fourth-order valence-electron chi connectivity index (χ4n) is 2.91. The molecule has 3 heterocycles. The lowest BCUT2D eigenvalue weighted by Gasteiger charge is -2.31. The molecule has 0 aliphatic carbocycles. The number of halogens is 1. The summed E-state index contributed by atoms with van der Waals surface area (Å²) >= 11 is 1.32. The number of hydrogen-bond donors (Lipinski definition) is 0. The highest BCUT2D eigenvalue weighted by molar-refractivity contribution is 7.21. The number of amides is 1. The Morgan fingerprint density at radius 3 is 3.08 bits per heavy atom. The third-order valence-electron chi connectivity index (χ3n) is 4.12. The second-order valence-corrected chi connectivity index (χ2v) is 6.62. The van der Waals surface area contributed by atoms with E-state index in [1.54, 1.807) is 17.9 Å². The normalized spacial score (nSPS) is 18.2. The minimum atomic E-state index is -0.409. The van der Waals surface area contributed by atoms with Crippen LogP contribution in [0.15, 0.2) is 29.1 Å². The van der Waals surface area contributed by atoms with Crippen molar-refractivity contribution in [2.24, 2.45) is 0 Å². The monoisotopic (exact) mass is 347 g/mol. The standard InChI is InChI=1S/C16H14FN3O3S/c1-9-13-10(17)3-2-4-12(13)24-14(9)16(21)20-5-6-22-11(7-20)15-18-8-23-19-15/h2-4,8,11H,5-7H2,1H3/t11-/m0/s1. The second kappa shape index (κ2) is 5.95. The number of aromatic nitrogens is 2. The summed E-state index contributed by atoms with van der Waals surface area (Å²) < 4.78 is 25.2. The second-order valence-electron chi connectivity index (χ2n) is 5.57. The highest BCUT2D eigenvalue weighted by atomic mass is 32.1. The minimum absolute atomic E-state index is 0.120. The van der Waals surface area contributed by atoms with Crippen LogP contribution in [0.25, 0.3) is 10.1 Å². The van der Waals surface area contributed by atoms with Gasteiger partial charge in [-0.05, 0) is 24.6 Å². The van der Waals surface area contributed by atoms with Gasteiger partial charge in [-0.1, -0.05) is 11.2 Å². The molecule has 0 bridgehead atoms. The molecule has 8 heteroatoms. The quantitative estimate of drug-likeness (QED) is 0.713. The Balaban J connectivity index is 1.64. The Labute approximate surface area is 140 Å². The number of thiophene rings is 1. The number of nitrogens with zero attached hydrogens (tertiary/aromatic N) is 3. The molecule has 1 aliphatic rings. The summed E-state index contributed by atoms with van der Waals surface area (Å²) in [6.45, 7) is 2.99. The van der Waals surface area contributed by atoms with E-state index in [1.807, 2.05) is 6.07 Å². The molecule has 1 amide bonds. The van der Waals surface area contributed by atoms with E-state index in [2.05, 4.69) is 10.1 Å². The molecule has 1 fully saturated rings. The molecule has 0 unspecified atom stereocenters. The van der Waals surface area contributed by atoms with Gasteiger partial charge < -0.3 is 14.2 Å². The zero-order valence-electron chi connectivity index (χ0n) is 12.9. The third kappa shape index (κ3) is 2.47. The molecule has 0 spiro atoms. The molecule has 124 valence electrons. The maximum absolute atomic E-state index is 14.0. The molecule has 3 aromatic rings. The summed E-state index contributed by atoms with van der Waals surface area (Å²) in [5.74, 6) is 0.00320. The number of hydrogen-bond acceptors (Lipinski definition) is 6. The maximum Gasteiger partial charge on any atom is 0.264 e. The van der Waals surface area contributed by atoms with Crippen LogP contribution in [0, 0.1) is 12.7 Å². The van der Waals surface area contributed by atoms with Crippen molar-refractivity contribution < 1.29 is 18.4 Å². The Morgan fingerprint density at radius 2 is 2.33 bits per heavy atom. The lowest BCUT2D eigenvalue weighted by atomic mass is 10.1. The van der Waals surface area contributed by atoms with Gasteiger partial charge in [0.15, 0.2) is 0 Å². The number of ether oxygens (including phenoxy) is 1. The lowest BCUT2D eigenvalue weighted by Crippen LogP contribution is -2.42. The van der Waals surface area contributed by atoms with E-state index in [0.29, 0.717) is 41.3 Å². The summed E-state index contributed by atoms with van der Waals surface area (Å²) in [5, 5.41) is 4.30. The summed E-state index contributed by atoms with van der Waals surface area (Å²) in [6.07, 6.45) is 0.825. The average Bonchev–Trinajstić information content (AvgIpc) is 3.23. The van der Waals surface area contributed by atoms with Crippen molar-refractivity contribution in [1.29, 1.82) is 0 Å². The van der Waals surface area contributed by atoms with Gasteiger partial charge in [-0.2, -0.15) is 4.98 Å². The van der Waals surface area contributed by atoms with Crippen molar-refractivity contribution in [3.63, 3.8) is 0 Å². The van der Waals surface area contributed by atoms with Crippen LogP contribution >= 0.6 is 11.3 Å². The van der Waals surface area contributed by atoms with E-state index in [9.17, 15) is 9.18 Å². The van der Waals surface area contributed by atoms with Crippen molar-refractivity contribution in [1.82, 2.24) is 15.0 Å². The fraction of sp³-hybridized carbons (Fsp3) is 0.312. The van der Waals surface area contributed by atoms with Crippen LogP contribution in [0.5, 0.6) is 0 Å². The van der Waals surface area contributed by atoms with Gasteiger partial charge in [0.2, 0.25) is 12.2 Å². The summed E-state index contributed by atoms with van der Waals surface area (Å²) in [5.41, 5.74) is 0.681. The van der Waals surface area contributed by atoms with Gasteiger partial charge in [0, 0.05) is 16.6 Å². The van der Waals surface area contributed by atoms with E-state index in [-0.39, 0.29) is 11.7 Å². The molecule has 4 rings (SSSR count). The number of carbonyl (C=O) groups is 1. The first-order valence-electron chi connectivity index (χ1n) is 7.50. The summed E-state index contributed by atoms with van der Waals surface area (Å²) in [7, 11) is 0. The van der Waals surface area contributed by atoms with E-state index >= 15 is 0 Å². The number of benzene rings is 1. The Bertz CT molecular complexity index is 893. The topological polar surface area (TPSA) is 68.5 Å². The van der Waals surface area contributed by atoms with Crippen molar-refractivity contribution in [3.05, 3.63) is 46.7 Å². The Morgan fingerprint density at radius 1 is 1.46 bits per heavy atom. The first-order valence-corrected chi connectivity index (χ1v) is 8.31. The number of fused-ring (bicyclic) bond motifs is 1. The largest absolute Gasteiger partial charge is 0.366 e. The van der Waals surface area contributed by atoms with Crippen LogP contribution in [0.3, 0.4) is 0 Å². The predicted molar refractivity (Wildman–Crippen MR) is 85.4 cm³/mol. The van der Waals surface area contributed by atoms with Crippen molar-refractivity contribution in [2.75, 3.05) is 19.7 Å². The Hall–Kier alpha value is -2.32. The van der Waals surface area contributed by atoms with E-state index in [1.165, 1.54) is 23.8 Å². The van der Waals surface area contributed by atoms with Crippen LogP contribution in [0.4, 0.5) is 4.39 Å². The van der Waals surface area contributed by atoms with Crippen molar-refractivity contribution >= 4 is 27.3 Å². The van der Waals surface area contributed by atoms with Crippen LogP contribution in [0.1, 0.15) is 27.2 Å². The SMILES string of the molecule is Cc1c(C(=O)N2CCO[C@H](c3ncon3)C2)sc2cccc(F)c12. The number of rotatable bonds is 2. The molecule has 1 saturated heterocycles. The molecule has 1 atom stereocenters. The van der Waals surface area contributed by atoms with E-state index in [0.717, 1.165) is 4.70 Å². The highest BCUT2D eigenvalue weighted by Gasteiger charge is 2.30. The number of aryl methyl sites for hydroxylation is 1. The van der Waals surface area contributed by atoms with Crippen LogP contribution in [-0.4, -0.2) is 40.6 Å². The summed E-state index contributed by atoms with van der Waals surface area (Å²) in [6, 6.07) is 4.90. The molecular formula is C16H14FN3O3S. The molecule has 1 aliphatic heterocycles. The summed E-state index contributed by atoms with van der Waals surface area (Å²) in [4.78, 5) is 19.1. The zero-order valence-corrected chi connectivity index (χ0v) is 13.7. The molecule has 2 aromatic heterocycles. The smallest absolute Gasteiger partial charge is 0.264 e. The number of morpholine rings is 1. The highest BCUT2D eigenvalue weighted by Crippen LogP contribution is 2.34. The van der Waals surface area contributed by atoms with E-state index in [4.69, 9.17) is 9.26 Å². The molecule has 0 radical (unpaired) electrons. The first kappa shape index (κ1) is 15.2. The van der Waals surface area contributed by atoms with Gasteiger partial charge in [0.05, 0.1) is 18.0 Å². The van der Waals surface area contributed by atoms with Gasteiger partial charge in [-0.25, -0.2) is 4.39 Å². The first-order chi connectivity index (χ1) is 11.6. The fourth-order valence-corrected chi connectivity index (χ4v) is 4.10.